The summed E-state index contributed by atoms with van der Waals surface area (Å²) < 4.78 is 0. The zero-order valence-corrected chi connectivity index (χ0v) is 15.8. The number of thioether (sulfide) groups is 1. The largest absolute Gasteiger partial charge is 0.354 e. The molecular weight excluding hydrogens is 342 g/mol. The first-order chi connectivity index (χ1) is 11.7. The normalized spacial score (nSPS) is 21.4. The van der Waals surface area contributed by atoms with Crippen molar-refractivity contribution in [3.63, 3.8) is 0 Å². The predicted octanol–water partition coefficient (Wildman–Crippen LogP) is 2.46. The fourth-order valence-electron chi connectivity index (χ4n) is 3.34. The first-order valence-corrected chi connectivity index (χ1v) is 10.8. The number of amides is 2. The summed E-state index contributed by atoms with van der Waals surface area (Å²) in [5.74, 6) is 1.67. The van der Waals surface area contributed by atoms with Crippen LogP contribution in [-0.2, 0) is 22.4 Å². The molecule has 0 spiro atoms. The molecule has 0 radical (unpaired) electrons. The molecule has 2 fully saturated rings. The van der Waals surface area contributed by atoms with Crippen molar-refractivity contribution in [1.82, 2.24) is 15.2 Å². The fraction of sp³-hybridized carbons (Fsp3) is 0.706. The molecule has 1 atom stereocenters. The number of aromatic nitrogens is 1. The smallest absolute Gasteiger partial charge is 0.243 e. The number of nitrogens with one attached hydrogen (secondary N) is 1. The van der Waals surface area contributed by atoms with Crippen LogP contribution in [0.3, 0.4) is 0 Å². The van der Waals surface area contributed by atoms with Crippen molar-refractivity contribution in [2.45, 2.75) is 51.5 Å². The lowest BCUT2D eigenvalue weighted by molar-refractivity contribution is -0.141. The summed E-state index contributed by atoms with van der Waals surface area (Å²) in [7, 11) is 0. The zero-order chi connectivity index (χ0) is 16.9. The van der Waals surface area contributed by atoms with Gasteiger partial charge < -0.3 is 10.2 Å². The van der Waals surface area contributed by atoms with E-state index < -0.39 is 0 Å². The van der Waals surface area contributed by atoms with Gasteiger partial charge in [0.2, 0.25) is 11.8 Å². The molecule has 1 aromatic heterocycles. The number of hydrogen-bond acceptors (Lipinski definition) is 5. The van der Waals surface area contributed by atoms with E-state index in [1.165, 1.54) is 0 Å². The summed E-state index contributed by atoms with van der Waals surface area (Å²) in [6.07, 6.45) is 5.95. The van der Waals surface area contributed by atoms with Crippen molar-refractivity contribution >= 4 is 34.9 Å². The summed E-state index contributed by atoms with van der Waals surface area (Å²) in [6, 6.07) is -0.301. The molecule has 0 bridgehead atoms. The topological polar surface area (TPSA) is 62.3 Å². The van der Waals surface area contributed by atoms with Crippen LogP contribution in [0.5, 0.6) is 0 Å². The lowest BCUT2D eigenvalue weighted by Gasteiger charge is -2.25. The molecule has 2 heterocycles. The second-order valence-corrected chi connectivity index (χ2v) is 8.37. The first-order valence-electron chi connectivity index (χ1n) is 8.78. The van der Waals surface area contributed by atoms with Crippen molar-refractivity contribution in [2.75, 3.05) is 18.2 Å². The second kappa shape index (κ2) is 8.34. The molecule has 1 aliphatic heterocycles. The van der Waals surface area contributed by atoms with Gasteiger partial charge in [0.1, 0.15) is 6.04 Å². The molecule has 5 nitrogen and oxygen atoms in total. The molecule has 1 aliphatic carbocycles. The van der Waals surface area contributed by atoms with Gasteiger partial charge in [-0.3, -0.25) is 9.59 Å². The molecule has 1 unspecified atom stereocenters. The Morgan fingerprint density at radius 3 is 2.88 bits per heavy atom. The molecule has 0 aromatic carbocycles. The number of thiazole rings is 1. The van der Waals surface area contributed by atoms with Gasteiger partial charge in [-0.05, 0) is 19.3 Å². The Hall–Kier alpha value is -1.08. The van der Waals surface area contributed by atoms with Crippen LogP contribution in [0.2, 0.25) is 0 Å². The Balaban J connectivity index is 1.48. The van der Waals surface area contributed by atoms with Crippen LogP contribution in [0.4, 0.5) is 0 Å². The van der Waals surface area contributed by atoms with Crippen LogP contribution in [0.1, 0.15) is 43.3 Å². The summed E-state index contributed by atoms with van der Waals surface area (Å²) in [4.78, 5) is 31.4. The number of carbonyl (C=O) groups excluding carboxylic acids is 2. The third-order valence-corrected chi connectivity index (χ3v) is 6.81. The molecule has 3 rings (SSSR count). The minimum atomic E-state index is -0.301. The highest BCUT2D eigenvalue weighted by atomic mass is 32.2. The van der Waals surface area contributed by atoms with Crippen LogP contribution < -0.4 is 5.32 Å². The Morgan fingerprint density at radius 2 is 2.17 bits per heavy atom. The highest BCUT2D eigenvalue weighted by Gasteiger charge is 2.38. The van der Waals surface area contributed by atoms with Crippen molar-refractivity contribution < 1.29 is 9.59 Å². The van der Waals surface area contributed by atoms with Gasteiger partial charge in [-0.15, -0.1) is 23.1 Å². The monoisotopic (exact) mass is 367 g/mol. The summed E-state index contributed by atoms with van der Waals surface area (Å²) in [5, 5.41) is 6.19. The number of nitrogens with zero attached hydrogens (tertiary/aromatic N) is 2. The van der Waals surface area contributed by atoms with Gasteiger partial charge in [-0.25, -0.2) is 4.98 Å². The Morgan fingerprint density at radius 1 is 1.38 bits per heavy atom. The van der Waals surface area contributed by atoms with Gasteiger partial charge in [0.05, 0.1) is 16.6 Å². The molecule has 24 heavy (non-hydrogen) atoms. The van der Waals surface area contributed by atoms with E-state index in [9.17, 15) is 9.59 Å². The summed E-state index contributed by atoms with van der Waals surface area (Å²) in [6.45, 7) is 2.68. The van der Waals surface area contributed by atoms with E-state index in [1.807, 2.05) is 0 Å². The van der Waals surface area contributed by atoms with Gasteiger partial charge in [0.15, 0.2) is 0 Å². The maximum atomic E-state index is 12.6. The van der Waals surface area contributed by atoms with E-state index in [-0.39, 0.29) is 23.8 Å². The van der Waals surface area contributed by atoms with E-state index >= 15 is 0 Å². The molecule has 1 aromatic rings. The molecule has 2 aliphatic rings. The average Bonchev–Trinajstić information content (AvgIpc) is 3.33. The van der Waals surface area contributed by atoms with Crippen LogP contribution in [0.15, 0.2) is 5.38 Å². The molecule has 7 heteroatoms. The van der Waals surface area contributed by atoms with Gasteiger partial charge in [-0.2, -0.15) is 0 Å². The van der Waals surface area contributed by atoms with E-state index in [0.29, 0.717) is 18.2 Å². The van der Waals surface area contributed by atoms with Crippen molar-refractivity contribution in [2.24, 2.45) is 5.92 Å². The molecule has 2 amide bonds. The predicted molar refractivity (Wildman–Crippen MR) is 98.1 cm³/mol. The van der Waals surface area contributed by atoms with Crippen LogP contribution in [-0.4, -0.2) is 45.9 Å². The van der Waals surface area contributed by atoms with Crippen LogP contribution in [0, 0.1) is 5.92 Å². The van der Waals surface area contributed by atoms with Crippen LogP contribution >= 0.6 is 23.1 Å². The van der Waals surface area contributed by atoms with Crippen LogP contribution in [0.25, 0.3) is 0 Å². The molecule has 1 saturated heterocycles. The van der Waals surface area contributed by atoms with E-state index in [0.717, 1.165) is 49.2 Å². The maximum absolute atomic E-state index is 12.6. The second-order valence-electron chi connectivity index (χ2n) is 6.43. The molecule has 1 saturated carbocycles. The first kappa shape index (κ1) is 17.7. The SMILES string of the molecule is CCc1nc(CCNC(=O)C2CSCN2C(=O)C2CCCC2)cs1. The van der Waals surface area contributed by atoms with Crippen molar-refractivity contribution in [1.29, 1.82) is 0 Å². The highest BCUT2D eigenvalue weighted by Crippen LogP contribution is 2.30. The highest BCUT2D eigenvalue weighted by molar-refractivity contribution is 7.99. The third-order valence-electron chi connectivity index (χ3n) is 4.75. The summed E-state index contributed by atoms with van der Waals surface area (Å²) >= 11 is 3.35. The Labute approximate surface area is 151 Å². The number of aryl methyl sites for hydroxylation is 1. The number of hydrogen-bond donors (Lipinski definition) is 1. The van der Waals surface area contributed by atoms with Crippen molar-refractivity contribution in [3.05, 3.63) is 16.1 Å². The minimum absolute atomic E-state index is 0.0164. The average molecular weight is 368 g/mol. The fourth-order valence-corrected chi connectivity index (χ4v) is 5.29. The quantitative estimate of drug-likeness (QED) is 0.839. The summed E-state index contributed by atoms with van der Waals surface area (Å²) in [5.41, 5.74) is 1.04. The Bertz CT molecular complexity index is 584. The standard InChI is InChI=1S/C17H25N3O2S2/c1-2-15-19-13(9-24-15)7-8-18-16(21)14-10-23-11-20(14)17(22)12-5-3-4-6-12/h9,12,14H,2-8,10-11H2,1H3,(H,18,21). The van der Waals surface area contributed by atoms with Crippen molar-refractivity contribution in [3.8, 4) is 0 Å². The number of rotatable bonds is 6. The lowest BCUT2D eigenvalue weighted by Crippen LogP contribution is -2.49. The van der Waals surface area contributed by atoms with E-state index in [1.54, 1.807) is 28.0 Å². The van der Waals surface area contributed by atoms with Gasteiger partial charge >= 0.3 is 0 Å². The number of carbonyl (C=O) groups is 2. The van der Waals surface area contributed by atoms with Gasteiger partial charge in [-0.1, -0.05) is 19.8 Å². The zero-order valence-electron chi connectivity index (χ0n) is 14.1. The minimum Gasteiger partial charge on any atom is -0.354 e. The Kier molecular flexibility index (Phi) is 6.16. The molecular formula is C17H25N3O2S2. The molecule has 1 N–H and O–H groups in total. The lowest BCUT2D eigenvalue weighted by atomic mass is 10.1. The third kappa shape index (κ3) is 4.11. The maximum Gasteiger partial charge on any atom is 0.243 e. The van der Waals surface area contributed by atoms with E-state index in [2.05, 4.69) is 22.6 Å². The molecule has 132 valence electrons. The van der Waals surface area contributed by atoms with E-state index in [4.69, 9.17) is 0 Å². The van der Waals surface area contributed by atoms with Gasteiger partial charge in [0.25, 0.3) is 0 Å². The van der Waals surface area contributed by atoms with Gasteiger partial charge in [0, 0.05) is 30.0 Å².